The van der Waals surface area contributed by atoms with Crippen LogP contribution in [-0.4, -0.2) is 36.2 Å². The van der Waals surface area contributed by atoms with Crippen molar-refractivity contribution in [2.75, 3.05) is 20.2 Å². The first-order valence-corrected chi connectivity index (χ1v) is 9.57. The summed E-state index contributed by atoms with van der Waals surface area (Å²) in [6.45, 7) is 3.73. The number of carbonyl (C=O) groups is 1. The van der Waals surface area contributed by atoms with Gasteiger partial charge in [0.25, 0.3) is 5.91 Å². The van der Waals surface area contributed by atoms with Crippen LogP contribution in [0.25, 0.3) is 0 Å². The van der Waals surface area contributed by atoms with Gasteiger partial charge in [0.2, 0.25) is 0 Å². The summed E-state index contributed by atoms with van der Waals surface area (Å²) in [6.07, 6.45) is 7.66. The Hall–Kier alpha value is -2.30. The van der Waals surface area contributed by atoms with Gasteiger partial charge in [0.05, 0.1) is 13.3 Å². The zero-order chi connectivity index (χ0) is 18.4. The first-order chi connectivity index (χ1) is 12.7. The number of hydrogen-bond acceptors (Lipinski definition) is 4. The van der Waals surface area contributed by atoms with Gasteiger partial charge in [0, 0.05) is 19.5 Å². The van der Waals surface area contributed by atoms with Gasteiger partial charge >= 0.3 is 0 Å². The second-order valence-electron chi connectivity index (χ2n) is 7.06. The minimum atomic E-state index is 0.0730. The SMILES string of the molecule is CCCc1oncc1C(=O)N1CCC[C@H](CCc2ccc(OC)cc2)C1. The number of methoxy groups -OCH3 is 1. The van der Waals surface area contributed by atoms with E-state index in [0.717, 1.165) is 56.7 Å². The van der Waals surface area contributed by atoms with Gasteiger partial charge in [0.15, 0.2) is 0 Å². The predicted molar refractivity (Wildman–Crippen MR) is 100 cm³/mol. The molecule has 2 heterocycles. The van der Waals surface area contributed by atoms with Gasteiger partial charge in [-0.15, -0.1) is 0 Å². The smallest absolute Gasteiger partial charge is 0.259 e. The molecule has 0 N–H and O–H groups in total. The molecule has 5 heteroatoms. The van der Waals surface area contributed by atoms with Gasteiger partial charge in [-0.3, -0.25) is 4.79 Å². The number of aromatic nitrogens is 1. The Balaban J connectivity index is 1.56. The highest BCUT2D eigenvalue weighted by Crippen LogP contribution is 2.24. The molecule has 1 fully saturated rings. The van der Waals surface area contributed by atoms with Crippen molar-refractivity contribution in [1.29, 1.82) is 0 Å². The van der Waals surface area contributed by atoms with Crippen LogP contribution >= 0.6 is 0 Å². The molecule has 1 amide bonds. The van der Waals surface area contributed by atoms with Crippen LogP contribution in [0, 0.1) is 5.92 Å². The van der Waals surface area contributed by atoms with Crippen molar-refractivity contribution in [3.8, 4) is 5.75 Å². The maximum Gasteiger partial charge on any atom is 0.259 e. The molecule has 140 valence electrons. The Bertz CT molecular complexity index is 708. The molecule has 0 aliphatic carbocycles. The molecule has 0 spiro atoms. The number of piperidine rings is 1. The average molecular weight is 356 g/mol. The van der Waals surface area contributed by atoms with Crippen molar-refractivity contribution >= 4 is 5.91 Å². The van der Waals surface area contributed by atoms with E-state index in [1.165, 1.54) is 12.0 Å². The van der Waals surface area contributed by atoms with E-state index in [-0.39, 0.29) is 5.91 Å². The van der Waals surface area contributed by atoms with E-state index in [2.05, 4.69) is 24.2 Å². The van der Waals surface area contributed by atoms with Gasteiger partial charge < -0.3 is 14.2 Å². The van der Waals surface area contributed by atoms with Gasteiger partial charge in [-0.2, -0.15) is 0 Å². The molecular formula is C21H28N2O3. The maximum absolute atomic E-state index is 12.9. The zero-order valence-corrected chi connectivity index (χ0v) is 15.7. The Morgan fingerprint density at radius 3 is 2.85 bits per heavy atom. The van der Waals surface area contributed by atoms with Crippen LogP contribution in [0.1, 0.15) is 54.3 Å². The molecule has 1 atom stereocenters. The lowest BCUT2D eigenvalue weighted by atomic mass is 9.91. The highest BCUT2D eigenvalue weighted by atomic mass is 16.5. The molecule has 26 heavy (non-hydrogen) atoms. The number of hydrogen-bond donors (Lipinski definition) is 0. The Labute approximate surface area is 155 Å². The molecule has 0 saturated carbocycles. The third-order valence-electron chi connectivity index (χ3n) is 5.16. The molecule has 1 saturated heterocycles. The first kappa shape index (κ1) is 18.5. The van der Waals surface area contributed by atoms with Gasteiger partial charge in [0.1, 0.15) is 17.1 Å². The van der Waals surface area contributed by atoms with Crippen LogP contribution in [-0.2, 0) is 12.8 Å². The summed E-state index contributed by atoms with van der Waals surface area (Å²) < 4.78 is 10.5. The normalized spacial score (nSPS) is 17.3. The lowest BCUT2D eigenvalue weighted by Gasteiger charge is -2.32. The predicted octanol–water partition coefficient (Wildman–Crippen LogP) is 4.12. The summed E-state index contributed by atoms with van der Waals surface area (Å²) in [5, 5.41) is 3.83. The topological polar surface area (TPSA) is 55.6 Å². The van der Waals surface area contributed by atoms with Crippen LogP contribution in [0.15, 0.2) is 35.0 Å². The van der Waals surface area contributed by atoms with Crippen LogP contribution in [0.3, 0.4) is 0 Å². The lowest BCUT2D eigenvalue weighted by molar-refractivity contribution is 0.0666. The third kappa shape index (κ3) is 4.45. The second kappa shape index (κ2) is 8.88. The highest BCUT2D eigenvalue weighted by Gasteiger charge is 2.27. The Morgan fingerprint density at radius 2 is 2.12 bits per heavy atom. The first-order valence-electron chi connectivity index (χ1n) is 9.57. The lowest BCUT2D eigenvalue weighted by Crippen LogP contribution is -2.40. The summed E-state index contributed by atoms with van der Waals surface area (Å²) in [4.78, 5) is 14.8. The number of aryl methyl sites for hydroxylation is 2. The number of ether oxygens (including phenoxy) is 1. The van der Waals surface area contributed by atoms with Crippen LogP contribution in [0.2, 0.25) is 0 Å². The van der Waals surface area contributed by atoms with Gasteiger partial charge in [-0.05, 0) is 55.7 Å². The summed E-state index contributed by atoms with van der Waals surface area (Å²) in [5.74, 6) is 2.23. The zero-order valence-electron chi connectivity index (χ0n) is 15.7. The monoisotopic (exact) mass is 356 g/mol. The van der Waals surface area contributed by atoms with Crippen molar-refractivity contribution in [3.05, 3.63) is 47.3 Å². The van der Waals surface area contributed by atoms with Crippen LogP contribution in [0.5, 0.6) is 5.75 Å². The molecule has 1 aliphatic heterocycles. The van der Waals surface area contributed by atoms with Gasteiger partial charge in [-0.1, -0.05) is 24.2 Å². The minimum absolute atomic E-state index is 0.0730. The van der Waals surface area contributed by atoms with Crippen LogP contribution < -0.4 is 4.74 Å². The van der Waals surface area contributed by atoms with Crippen LogP contribution in [0.4, 0.5) is 0 Å². The number of rotatable bonds is 7. The number of likely N-dealkylation sites (tertiary alicyclic amines) is 1. The molecule has 1 aromatic carbocycles. The number of carbonyl (C=O) groups excluding carboxylic acids is 1. The second-order valence-corrected chi connectivity index (χ2v) is 7.06. The number of benzene rings is 1. The van der Waals surface area contributed by atoms with E-state index < -0.39 is 0 Å². The fourth-order valence-electron chi connectivity index (χ4n) is 3.66. The van der Waals surface area contributed by atoms with Gasteiger partial charge in [-0.25, -0.2) is 0 Å². The van der Waals surface area contributed by atoms with Crippen molar-refractivity contribution in [1.82, 2.24) is 10.1 Å². The molecule has 1 aliphatic rings. The highest BCUT2D eigenvalue weighted by molar-refractivity contribution is 5.94. The molecule has 3 rings (SSSR count). The van der Waals surface area contributed by atoms with Crippen molar-refractivity contribution in [2.24, 2.45) is 5.92 Å². The molecule has 1 aromatic heterocycles. The number of nitrogens with zero attached hydrogens (tertiary/aromatic N) is 2. The van der Waals surface area contributed by atoms with E-state index in [9.17, 15) is 4.79 Å². The van der Waals surface area contributed by atoms with E-state index in [0.29, 0.717) is 11.5 Å². The maximum atomic E-state index is 12.9. The fourth-order valence-corrected chi connectivity index (χ4v) is 3.66. The number of amides is 1. The summed E-state index contributed by atoms with van der Waals surface area (Å²) in [6, 6.07) is 8.26. The molecule has 0 unspecified atom stereocenters. The molecule has 0 bridgehead atoms. The molecule has 2 aromatic rings. The van der Waals surface area contributed by atoms with Crippen molar-refractivity contribution in [2.45, 2.75) is 45.4 Å². The molecule has 0 radical (unpaired) electrons. The molecule has 5 nitrogen and oxygen atoms in total. The Morgan fingerprint density at radius 1 is 1.31 bits per heavy atom. The average Bonchev–Trinajstić information content (AvgIpc) is 3.15. The Kier molecular flexibility index (Phi) is 6.31. The van der Waals surface area contributed by atoms with E-state index >= 15 is 0 Å². The molecular weight excluding hydrogens is 328 g/mol. The van der Waals surface area contributed by atoms with E-state index in [1.54, 1.807) is 13.3 Å². The van der Waals surface area contributed by atoms with Crippen molar-refractivity contribution < 1.29 is 14.1 Å². The summed E-state index contributed by atoms with van der Waals surface area (Å²) >= 11 is 0. The third-order valence-corrected chi connectivity index (χ3v) is 5.16. The summed E-state index contributed by atoms with van der Waals surface area (Å²) in [7, 11) is 1.68. The van der Waals surface area contributed by atoms with Crippen molar-refractivity contribution in [3.63, 3.8) is 0 Å². The quantitative estimate of drug-likeness (QED) is 0.749. The van der Waals surface area contributed by atoms with E-state index in [1.807, 2.05) is 17.0 Å². The fraction of sp³-hybridized carbons (Fsp3) is 0.524. The minimum Gasteiger partial charge on any atom is -0.497 e. The summed E-state index contributed by atoms with van der Waals surface area (Å²) in [5.41, 5.74) is 1.96. The van der Waals surface area contributed by atoms with E-state index in [4.69, 9.17) is 9.26 Å². The standard InChI is InChI=1S/C21H28N2O3/c1-3-5-20-19(14-22-26-20)21(24)23-13-4-6-17(15-23)8-7-16-9-11-18(25-2)12-10-16/h9-12,14,17H,3-8,13,15H2,1-2H3/t17-/m1/s1. The largest absolute Gasteiger partial charge is 0.497 e.